The molecule has 1 aliphatic rings. The number of halogens is 1. The van der Waals surface area contributed by atoms with Crippen LogP contribution in [0.2, 0.25) is 5.02 Å². The molecule has 8 heteroatoms. The second-order valence-corrected chi connectivity index (χ2v) is 8.60. The molecule has 1 aromatic heterocycles. The van der Waals surface area contributed by atoms with Gasteiger partial charge in [0.1, 0.15) is 5.82 Å². The summed E-state index contributed by atoms with van der Waals surface area (Å²) in [6.07, 6.45) is 0.686. The lowest BCUT2D eigenvalue weighted by Gasteiger charge is -2.39. The summed E-state index contributed by atoms with van der Waals surface area (Å²) in [4.78, 5) is 21.4. The van der Waals surface area contributed by atoms with Gasteiger partial charge in [0, 0.05) is 55.2 Å². The number of hydrogen-bond acceptors (Lipinski definition) is 5. The van der Waals surface area contributed by atoms with Gasteiger partial charge in [0.2, 0.25) is 5.13 Å². The molecule has 1 unspecified atom stereocenters. The van der Waals surface area contributed by atoms with Crippen molar-refractivity contribution in [1.82, 2.24) is 19.6 Å². The van der Waals surface area contributed by atoms with Crippen molar-refractivity contribution < 1.29 is 4.79 Å². The molecule has 30 heavy (non-hydrogen) atoms. The van der Waals surface area contributed by atoms with E-state index >= 15 is 0 Å². The zero-order valence-electron chi connectivity index (χ0n) is 16.8. The molecule has 4 rings (SSSR count). The van der Waals surface area contributed by atoms with Crippen molar-refractivity contribution in [2.24, 2.45) is 0 Å². The fourth-order valence-electron chi connectivity index (χ4n) is 3.54. The fraction of sp³-hybridized carbons (Fsp3) is 0.318. The molecule has 2 heterocycles. The Balaban J connectivity index is 1.31. The summed E-state index contributed by atoms with van der Waals surface area (Å²) in [5.74, 6) is 0.813. The number of nitrogens with zero attached hydrogens (tertiary/aromatic N) is 4. The Hall–Kier alpha value is -2.64. The van der Waals surface area contributed by atoms with E-state index in [4.69, 9.17) is 16.6 Å². The third-order valence-corrected chi connectivity index (χ3v) is 6.25. The number of aromatic nitrogens is 2. The Morgan fingerprint density at radius 1 is 1.13 bits per heavy atom. The van der Waals surface area contributed by atoms with E-state index in [1.165, 1.54) is 11.5 Å². The van der Waals surface area contributed by atoms with Crippen LogP contribution < -0.4 is 10.2 Å². The summed E-state index contributed by atoms with van der Waals surface area (Å²) in [6.45, 7) is 4.77. The Labute approximate surface area is 185 Å². The van der Waals surface area contributed by atoms with Crippen molar-refractivity contribution in [3.63, 3.8) is 0 Å². The van der Waals surface area contributed by atoms with Gasteiger partial charge in [-0.05, 0) is 30.2 Å². The van der Waals surface area contributed by atoms with Crippen molar-refractivity contribution in [1.29, 1.82) is 0 Å². The van der Waals surface area contributed by atoms with Crippen LogP contribution in [0.4, 0.5) is 9.93 Å². The molecule has 0 spiro atoms. The van der Waals surface area contributed by atoms with Crippen molar-refractivity contribution in [2.75, 3.05) is 24.5 Å². The highest BCUT2D eigenvalue weighted by Gasteiger charge is 2.28. The molecule has 0 aliphatic carbocycles. The predicted molar refractivity (Wildman–Crippen MR) is 121 cm³/mol. The van der Waals surface area contributed by atoms with Gasteiger partial charge in [0.05, 0.1) is 0 Å². The smallest absolute Gasteiger partial charge is 0.318 e. The lowest BCUT2D eigenvalue weighted by molar-refractivity contribution is 0.171. The molecule has 1 saturated heterocycles. The summed E-state index contributed by atoms with van der Waals surface area (Å²) in [5.41, 5.74) is 2.23. The van der Waals surface area contributed by atoms with Crippen LogP contribution in [0.5, 0.6) is 0 Å². The molecule has 0 bridgehead atoms. The van der Waals surface area contributed by atoms with Crippen LogP contribution in [0.1, 0.15) is 23.9 Å². The Morgan fingerprint density at radius 3 is 2.63 bits per heavy atom. The lowest BCUT2D eigenvalue weighted by Crippen LogP contribution is -2.56. The maximum absolute atomic E-state index is 12.6. The number of carbonyl (C=O) groups excluding carboxylic acids is 1. The molecule has 0 radical (unpaired) electrons. The van der Waals surface area contributed by atoms with Crippen molar-refractivity contribution in [3.8, 4) is 0 Å². The predicted octanol–water partition coefficient (Wildman–Crippen LogP) is 4.20. The number of anilines is 1. The summed E-state index contributed by atoms with van der Waals surface area (Å²) >= 11 is 7.37. The normalized spacial score (nSPS) is 16.5. The fourth-order valence-corrected chi connectivity index (χ4v) is 4.38. The van der Waals surface area contributed by atoms with E-state index in [9.17, 15) is 4.79 Å². The van der Waals surface area contributed by atoms with Gasteiger partial charge >= 0.3 is 6.03 Å². The van der Waals surface area contributed by atoms with Gasteiger partial charge in [0.15, 0.2) is 0 Å². The number of carbonyl (C=O) groups is 1. The maximum atomic E-state index is 12.6. The van der Waals surface area contributed by atoms with Gasteiger partial charge in [-0.2, -0.15) is 4.37 Å². The van der Waals surface area contributed by atoms with Gasteiger partial charge in [-0.1, -0.05) is 54.1 Å². The zero-order valence-corrected chi connectivity index (χ0v) is 18.4. The molecule has 3 aromatic rings. The SMILES string of the molecule is CC1CN(c2nc(Cc3ccc(Cl)cc3)ns2)CCN1C(=O)NCc1ccccc1. The topological polar surface area (TPSA) is 61.4 Å². The highest BCUT2D eigenvalue weighted by Crippen LogP contribution is 2.23. The van der Waals surface area contributed by atoms with Crippen LogP contribution in [0.25, 0.3) is 0 Å². The van der Waals surface area contributed by atoms with Gasteiger partial charge in [-0.3, -0.25) is 0 Å². The van der Waals surface area contributed by atoms with Crippen LogP contribution >= 0.6 is 23.1 Å². The monoisotopic (exact) mass is 441 g/mol. The summed E-state index contributed by atoms with van der Waals surface area (Å²) in [7, 11) is 0. The summed E-state index contributed by atoms with van der Waals surface area (Å²) < 4.78 is 4.51. The van der Waals surface area contributed by atoms with Crippen molar-refractivity contribution >= 4 is 34.3 Å². The molecular formula is C22H24ClN5OS. The minimum atomic E-state index is -0.0216. The minimum Gasteiger partial charge on any atom is -0.343 e. The molecule has 1 atom stereocenters. The quantitative estimate of drug-likeness (QED) is 0.644. The number of nitrogens with one attached hydrogen (secondary N) is 1. The number of piperazine rings is 1. The largest absolute Gasteiger partial charge is 0.343 e. The highest BCUT2D eigenvalue weighted by atomic mass is 35.5. The first kappa shape index (κ1) is 20.6. The van der Waals surface area contributed by atoms with Crippen molar-refractivity contribution in [2.45, 2.75) is 25.9 Å². The van der Waals surface area contributed by atoms with E-state index in [1.807, 2.05) is 59.5 Å². The van der Waals surface area contributed by atoms with E-state index in [-0.39, 0.29) is 12.1 Å². The van der Waals surface area contributed by atoms with E-state index < -0.39 is 0 Å². The molecule has 156 valence electrons. The molecule has 2 amide bonds. The third kappa shape index (κ3) is 5.09. The number of amides is 2. The summed E-state index contributed by atoms with van der Waals surface area (Å²) in [5, 5.41) is 4.66. The first-order chi connectivity index (χ1) is 14.6. The molecular weight excluding hydrogens is 418 g/mol. The first-order valence-corrected chi connectivity index (χ1v) is 11.1. The van der Waals surface area contributed by atoms with E-state index in [1.54, 1.807) is 0 Å². The Bertz CT molecular complexity index is 979. The average Bonchev–Trinajstić information content (AvgIpc) is 3.23. The summed E-state index contributed by atoms with van der Waals surface area (Å²) in [6, 6.07) is 17.8. The van der Waals surface area contributed by atoms with Gasteiger partial charge in [-0.15, -0.1) is 0 Å². The van der Waals surface area contributed by atoms with Crippen LogP contribution in [0.15, 0.2) is 54.6 Å². The average molecular weight is 442 g/mol. The number of hydrogen-bond donors (Lipinski definition) is 1. The Morgan fingerprint density at radius 2 is 1.90 bits per heavy atom. The van der Waals surface area contributed by atoms with Crippen LogP contribution in [-0.2, 0) is 13.0 Å². The number of urea groups is 1. The standard InChI is InChI=1S/C22H24ClN5OS/c1-16-15-27(11-12-28(16)21(29)24-14-18-5-3-2-4-6-18)22-25-20(26-30-22)13-17-7-9-19(23)10-8-17/h2-10,16H,11-15H2,1H3,(H,24,29). The maximum Gasteiger partial charge on any atom is 0.318 e. The van der Waals surface area contributed by atoms with Crippen LogP contribution in [0.3, 0.4) is 0 Å². The van der Waals surface area contributed by atoms with Gasteiger partial charge < -0.3 is 15.1 Å². The number of benzene rings is 2. The third-order valence-electron chi connectivity index (χ3n) is 5.18. The second kappa shape index (κ2) is 9.45. The van der Waals surface area contributed by atoms with Gasteiger partial charge in [-0.25, -0.2) is 9.78 Å². The molecule has 1 N–H and O–H groups in total. The van der Waals surface area contributed by atoms with E-state index in [2.05, 4.69) is 21.5 Å². The van der Waals surface area contributed by atoms with Gasteiger partial charge in [0.25, 0.3) is 0 Å². The zero-order chi connectivity index (χ0) is 20.9. The van der Waals surface area contributed by atoms with E-state index in [0.717, 1.165) is 40.2 Å². The molecule has 6 nitrogen and oxygen atoms in total. The molecule has 1 aliphatic heterocycles. The highest BCUT2D eigenvalue weighted by molar-refractivity contribution is 7.09. The molecule has 1 fully saturated rings. The van der Waals surface area contributed by atoms with E-state index in [0.29, 0.717) is 19.5 Å². The number of rotatable bonds is 5. The minimum absolute atomic E-state index is 0.0216. The second-order valence-electron chi connectivity index (χ2n) is 7.43. The van der Waals surface area contributed by atoms with Crippen molar-refractivity contribution in [3.05, 3.63) is 76.6 Å². The molecule has 2 aromatic carbocycles. The molecule has 0 saturated carbocycles. The first-order valence-electron chi connectivity index (χ1n) is 9.99. The van der Waals surface area contributed by atoms with Crippen LogP contribution in [-0.4, -0.2) is 46.0 Å². The Kier molecular flexibility index (Phi) is 6.50. The lowest BCUT2D eigenvalue weighted by atomic mass is 10.1. The van der Waals surface area contributed by atoms with Crippen LogP contribution in [0, 0.1) is 0 Å².